The summed E-state index contributed by atoms with van der Waals surface area (Å²) in [6, 6.07) is 12.4. The van der Waals surface area contributed by atoms with Crippen LogP contribution in [0.2, 0.25) is 0 Å². The fourth-order valence-corrected chi connectivity index (χ4v) is 2.38. The molecule has 0 fully saturated rings. The van der Waals surface area contributed by atoms with Crippen molar-refractivity contribution in [2.45, 2.75) is 33.6 Å². The lowest BCUT2D eigenvalue weighted by Gasteiger charge is -2.10. The summed E-state index contributed by atoms with van der Waals surface area (Å²) in [5.41, 5.74) is 3.20. The topological polar surface area (TPSA) is 64.6 Å². The molecule has 0 spiro atoms. The second-order valence-corrected chi connectivity index (χ2v) is 6.17. The minimum Gasteiger partial charge on any atom is -0.483 e. The summed E-state index contributed by atoms with van der Waals surface area (Å²) < 4.78 is 10.7. The molecule has 1 N–H and O–H groups in total. The molecule has 0 saturated heterocycles. The fraction of sp³-hybridized carbons (Fsp3) is 0.333. The number of hydrogen-bond acceptors (Lipinski definition) is 4. The SMILES string of the molecule is CCCCOC(=O)c1ccc(NC(=O)COc2ccc(C)cc2C)cc1. The number of anilines is 1. The Morgan fingerprint density at radius 1 is 1.04 bits per heavy atom. The zero-order valence-electron chi connectivity index (χ0n) is 15.5. The molecular formula is C21H25NO4. The first kappa shape index (κ1) is 19.5. The van der Waals surface area contributed by atoms with E-state index in [0.29, 0.717) is 23.6 Å². The van der Waals surface area contributed by atoms with Crippen LogP contribution in [0.15, 0.2) is 42.5 Å². The third-order valence-electron chi connectivity index (χ3n) is 3.82. The van der Waals surface area contributed by atoms with Crippen molar-refractivity contribution in [3.8, 4) is 5.75 Å². The average Bonchev–Trinajstić information content (AvgIpc) is 2.61. The molecule has 0 aliphatic heterocycles. The lowest BCUT2D eigenvalue weighted by molar-refractivity contribution is -0.118. The van der Waals surface area contributed by atoms with E-state index < -0.39 is 0 Å². The number of esters is 1. The minimum absolute atomic E-state index is 0.0787. The van der Waals surface area contributed by atoms with Crippen LogP contribution in [0.1, 0.15) is 41.3 Å². The third kappa shape index (κ3) is 5.92. The Labute approximate surface area is 154 Å². The molecule has 2 aromatic carbocycles. The van der Waals surface area contributed by atoms with E-state index in [1.54, 1.807) is 24.3 Å². The number of rotatable bonds is 8. The first-order chi connectivity index (χ1) is 12.5. The molecule has 0 atom stereocenters. The van der Waals surface area contributed by atoms with Crippen LogP contribution in [0.3, 0.4) is 0 Å². The standard InChI is InChI=1S/C21H25NO4/c1-4-5-12-25-21(24)17-7-9-18(10-8-17)22-20(23)14-26-19-11-6-15(2)13-16(19)3/h6-11,13H,4-5,12,14H2,1-3H3,(H,22,23). The number of hydrogen-bond donors (Lipinski definition) is 1. The van der Waals surface area contributed by atoms with Gasteiger partial charge < -0.3 is 14.8 Å². The van der Waals surface area contributed by atoms with Crippen LogP contribution in [0.5, 0.6) is 5.75 Å². The molecule has 0 heterocycles. The molecule has 138 valence electrons. The average molecular weight is 355 g/mol. The van der Waals surface area contributed by atoms with E-state index in [2.05, 4.69) is 5.32 Å². The fourth-order valence-electron chi connectivity index (χ4n) is 2.38. The molecular weight excluding hydrogens is 330 g/mol. The van der Waals surface area contributed by atoms with Crippen molar-refractivity contribution in [3.63, 3.8) is 0 Å². The Bertz CT molecular complexity index is 753. The van der Waals surface area contributed by atoms with Crippen LogP contribution in [-0.4, -0.2) is 25.1 Å². The van der Waals surface area contributed by atoms with Crippen LogP contribution in [-0.2, 0) is 9.53 Å². The molecule has 0 radical (unpaired) electrons. The highest BCUT2D eigenvalue weighted by molar-refractivity contribution is 5.93. The van der Waals surface area contributed by atoms with Crippen LogP contribution < -0.4 is 10.1 Å². The maximum absolute atomic E-state index is 12.0. The van der Waals surface area contributed by atoms with Gasteiger partial charge in [0.25, 0.3) is 5.91 Å². The number of amides is 1. The van der Waals surface area contributed by atoms with Gasteiger partial charge in [-0.1, -0.05) is 31.0 Å². The second-order valence-electron chi connectivity index (χ2n) is 6.17. The van der Waals surface area contributed by atoms with Crippen LogP contribution in [0, 0.1) is 13.8 Å². The Hall–Kier alpha value is -2.82. The number of carbonyl (C=O) groups excluding carboxylic acids is 2. The minimum atomic E-state index is -0.352. The lowest BCUT2D eigenvalue weighted by Crippen LogP contribution is -2.20. The van der Waals surface area contributed by atoms with Gasteiger partial charge in [0.05, 0.1) is 12.2 Å². The van der Waals surface area contributed by atoms with Gasteiger partial charge in [-0.3, -0.25) is 4.79 Å². The zero-order chi connectivity index (χ0) is 18.9. The number of benzene rings is 2. The lowest BCUT2D eigenvalue weighted by atomic mass is 10.1. The van der Waals surface area contributed by atoms with E-state index in [-0.39, 0.29) is 18.5 Å². The van der Waals surface area contributed by atoms with Gasteiger partial charge in [0.1, 0.15) is 5.75 Å². The Morgan fingerprint density at radius 2 is 1.77 bits per heavy atom. The van der Waals surface area contributed by atoms with Crippen molar-refractivity contribution in [3.05, 3.63) is 59.2 Å². The van der Waals surface area contributed by atoms with Crippen molar-refractivity contribution in [1.82, 2.24) is 0 Å². The number of unbranched alkanes of at least 4 members (excludes halogenated alkanes) is 1. The van der Waals surface area contributed by atoms with Gasteiger partial charge in [0.2, 0.25) is 0 Å². The van der Waals surface area contributed by atoms with Gasteiger partial charge in [-0.05, 0) is 56.2 Å². The second kappa shape index (κ2) is 9.61. The predicted molar refractivity (Wildman–Crippen MR) is 102 cm³/mol. The summed E-state index contributed by atoms with van der Waals surface area (Å²) in [6.45, 7) is 6.33. The molecule has 2 rings (SSSR count). The van der Waals surface area contributed by atoms with Gasteiger partial charge >= 0.3 is 5.97 Å². The summed E-state index contributed by atoms with van der Waals surface area (Å²) in [5, 5.41) is 2.75. The van der Waals surface area contributed by atoms with Gasteiger partial charge in [-0.2, -0.15) is 0 Å². The Balaban J connectivity index is 1.84. The monoisotopic (exact) mass is 355 g/mol. The molecule has 1 amide bonds. The zero-order valence-corrected chi connectivity index (χ0v) is 15.5. The van der Waals surface area contributed by atoms with Crippen molar-refractivity contribution >= 4 is 17.6 Å². The van der Waals surface area contributed by atoms with Crippen molar-refractivity contribution < 1.29 is 19.1 Å². The summed E-state index contributed by atoms with van der Waals surface area (Å²) in [4.78, 5) is 23.9. The molecule has 0 unspecified atom stereocenters. The van der Waals surface area contributed by atoms with E-state index in [4.69, 9.17) is 9.47 Å². The van der Waals surface area contributed by atoms with E-state index >= 15 is 0 Å². The van der Waals surface area contributed by atoms with E-state index in [1.165, 1.54) is 0 Å². The van der Waals surface area contributed by atoms with E-state index in [0.717, 1.165) is 24.0 Å². The maximum Gasteiger partial charge on any atom is 0.338 e. The van der Waals surface area contributed by atoms with Gasteiger partial charge in [0, 0.05) is 5.69 Å². The number of ether oxygens (including phenoxy) is 2. The molecule has 26 heavy (non-hydrogen) atoms. The highest BCUT2D eigenvalue weighted by atomic mass is 16.5. The normalized spacial score (nSPS) is 10.3. The molecule has 5 heteroatoms. The van der Waals surface area contributed by atoms with E-state index in [9.17, 15) is 9.59 Å². The van der Waals surface area contributed by atoms with Crippen LogP contribution in [0.4, 0.5) is 5.69 Å². The molecule has 0 aliphatic carbocycles. The summed E-state index contributed by atoms with van der Waals surface area (Å²) in [6.07, 6.45) is 1.82. The largest absolute Gasteiger partial charge is 0.483 e. The first-order valence-electron chi connectivity index (χ1n) is 8.76. The van der Waals surface area contributed by atoms with Crippen molar-refractivity contribution in [2.75, 3.05) is 18.5 Å². The summed E-state index contributed by atoms with van der Waals surface area (Å²) >= 11 is 0. The molecule has 0 bridgehead atoms. The summed E-state index contributed by atoms with van der Waals surface area (Å²) in [5.74, 6) is 0.0775. The molecule has 0 saturated carbocycles. The molecule has 0 aliphatic rings. The highest BCUT2D eigenvalue weighted by Gasteiger charge is 2.09. The van der Waals surface area contributed by atoms with Crippen LogP contribution >= 0.6 is 0 Å². The smallest absolute Gasteiger partial charge is 0.338 e. The Morgan fingerprint density at radius 3 is 2.42 bits per heavy atom. The van der Waals surface area contributed by atoms with Crippen molar-refractivity contribution in [2.24, 2.45) is 0 Å². The number of nitrogens with one attached hydrogen (secondary N) is 1. The van der Waals surface area contributed by atoms with Gasteiger partial charge in [0.15, 0.2) is 6.61 Å². The number of aryl methyl sites for hydroxylation is 2. The molecule has 0 aromatic heterocycles. The first-order valence-corrected chi connectivity index (χ1v) is 8.76. The summed E-state index contributed by atoms with van der Waals surface area (Å²) in [7, 11) is 0. The molecule has 2 aromatic rings. The highest BCUT2D eigenvalue weighted by Crippen LogP contribution is 2.18. The van der Waals surface area contributed by atoms with E-state index in [1.807, 2.05) is 39.0 Å². The van der Waals surface area contributed by atoms with Crippen molar-refractivity contribution in [1.29, 1.82) is 0 Å². The predicted octanol–water partition coefficient (Wildman–Crippen LogP) is 4.28. The quantitative estimate of drug-likeness (QED) is 0.567. The molecule has 5 nitrogen and oxygen atoms in total. The number of carbonyl (C=O) groups is 2. The van der Waals surface area contributed by atoms with Gasteiger partial charge in [-0.25, -0.2) is 4.79 Å². The third-order valence-corrected chi connectivity index (χ3v) is 3.82. The van der Waals surface area contributed by atoms with Crippen LogP contribution in [0.25, 0.3) is 0 Å². The van der Waals surface area contributed by atoms with Gasteiger partial charge in [-0.15, -0.1) is 0 Å². The Kier molecular flexibility index (Phi) is 7.21. The maximum atomic E-state index is 12.0.